The second-order valence-electron chi connectivity index (χ2n) is 9.31. The molecular formula is C33H25ClN4O6S. The number of thiophene rings is 1. The number of anilines is 2. The lowest BCUT2D eigenvalue weighted by Gasteiger charge is -2.11. The number of fused-ring (bicyclic) bond motifs is 1. The molecule has 0 aliphatic heterocycles. The number of halogens is 1. The zero-order valence-corrected chi connectivity index (χ0v) is 25.3. The number of esters is 1. The molecule has 5 rings (SSSR count). The normalized spacial score (nSPS) is 10.8. The molecule has 3 N–H and O–H groups in total. The average Bonchev–Trinajstić information content (AvgIpc) is 3.39. The Bertz CT molecular complexity index is 1910. The topological polar surface area (TPSA) is 135 Å². The van der Waals surface area contributed by atoms with Crippen LogP contribution in [0.15, 0.2) is 102 Å². The lowest BCUT2D eigenvalue weighted by Crippen LogP contribution is -2.33. The van der Waals surface area contributed by atoms with Gasteiger partial charge in [0.25, 0.3) is 5.91 Å². The van der Waals surface area contributed by atoms with Gasteiger partial charge in [0.15, 0.2) is 0 Å². The minimum atomic E-state index is -1.04. The van der Waals surface area contributed by atoms with Gasteiger partial charge in [-0.25, -0.2) is 10.2 Å². The van der Waals surface area contributed by atoms with Gasteiger partial charge in [-0.3, -0.25) is 14.4 Å². The van der Waals surface area contributed by atoms with E-state index in [0.717, 1.165) is 10.1 Å². The lowest BCUT2D eigenvalue weighted by molar-refractivity contribution is -0.136. The van der Waals surface area contributed by atoms with Crippen LogP contribution in [-0.2, 0) is 9.59 Å². The summed E-state index contributed by atoms with van der Waals surface area (Å²) in [5, 5.41) is 10.1. The number of hydrogen-bond donors (Lipinski definition) is 3. The van der Waals surface area contributed by atoms with Crippen molar-refractivity contribution < 1.29 is 28.7 Å². The van der Waals surface area contributed by atoms with E-state index in [4.69, 9.17) is 21.1 Å². The highest BCUT2D eigenvalue weighted by Crippen LogP contribution is 2.35. The monoisotopic (exact) mass is 640 g/mol. The molecule has 0 radical (unpaired) electrons. The predicted octanol–water partition coefficient (Wildman–Crippen LogP) is 6.51. The van der Waals surface area contributed by atoms with Crippen molar-refractivity contribution in [2.24, 2.45) is 5.10 Å². The SMILES string of the molecule is CCOc1ccc(NC(=O)c2ccccc2NC(=O)C(=O)N/N=C/c2ccc(OC(=O)c3sc4ccccc4c3Cl)cc2)cc1. The molecule has 226 valence electrons. The number of benzene rings is 4. The van der Waals surface area contributed by atoms with Crippen LogP contribution in [0, 0.1) is 0 Å². The lowest BCUT2D eigenvalue weighted by atomic mass is 10.1. The van der Waals surface area contributed by atoms with Crippen LogP contribution in [0.2, 0.25) is 5.02 Å². The summed E-state index contributed by atoms with van der Waals surface area (Å²) in [6.07, 6.45) is 1.32. The van der Waals surface area contributed by atoms with Crippen LogP contribution in [0.25, 0.3) is 10.1 Å². The Balaban J connectivity index is 1.14. The molecular weight excluding hydrogens is 616 g/mol. The van der Waals surface area contributed by atoms with E-state index in [1.165, 1.54) is 29.7 Å². The van der Waals surface area contributed by atoms with Crippen LogP contribution >= 0.6 is 22.9 Å². The Morgan fingerprint density at radius 1 is 0.822 bits per heavy atom. The van der Waals surface area contributed by atoms with Crippen LogP contribution in [-0.4, -0.2) is 36.5 Å². The second kappa shape index (κ2) is 14.3. The standard InChI is InChI=1S/C33H25ClN4O6S/c1-2-43-22-17-13-21(14-18-22)36-30(39)24-7-3-5-9-26(24)37-31(40)32(41)38-35-19-20-11-15-23(16-12-20)44-33(42)29-28(34)25-8-4-6-10-27(25)45-29/h3-19H,2H2,1H3,(H,36,39)(H,37,40)(H,38,41)/b35-19+. The minimum Gasteiger partial charge on any atom is -0.494 e. The summed E-state index contributed by atoms with van der Waals surface area (Å²) in [6.45, 7) is 2.40. The highest BCUT2D eigenvalue weighted by atomic mass is 35.5. The maximum atomic E-state index is 12.9. The zero-order chi connectivity index (χ0) is 31.8. The fourth-order valence-corrected chi connectivity index (χ4v) is 5.49. The number of hydrazone groups is 1. The molecule has 12 heteroatoms. The second-order valence-corrected chi connectivity index (χ2v) is 10.7. The van der Waals surface area contributed by atoms with E-state index in [1.807, 2.05) is 31.2 Å². The average molecular weight is 641 g/mol. The van der Waals surface area contributed by atoms with Gasteiger partial charge >= 0.3 is 17.8 Å². The first kappa shape index (κ1) is 30.9. The first-order valence-corrected chi connectivity index (χ1v) is 14.8. The third-order valence-electron chi connectivity index (χ3n) is 6.24. The number of nitrogens with one attached hydrogen (secondary N) is 3. The summed E-state index contributed by atoms with van der Waals surface area (Å²) in [4.78, 5) is 50.8. The van der Waals surface area contributed by atoms with Crippen LogP contribution in [0.3, 0.4) is 0 Å². The molecule has 0 saturated carbocycles. The number of rotatable bonds is 9. The molecule has 0 fully saturated rings. The fourth-order valence-electron chi connectivity index (χ4n) is 4.11. The van der Waals surface area contributed by atoms with Gasteiger partial charge < -0.3 is 20.1 Å². The Labute approximate surface area is 266 Å². The van der Waals surface area contributed by atoms with Crippen molar-refractivity contribution in [3.63, 3.8) is 0 Å². The van der Waals surface area contributed by atoms with Gasteiger partial charge in [0, 0.05) is 15.8 Å². The summed E-state index contributed by atoms with van der Waals surface area (Å²) in [6, 6.07) is 26.9. The summed E-state index contributed by atoms with van der Waals surface area (Å²) in [5.41, 5.74) is 3.55. The number of amides is 3. The molecule has 0 spiro atoms. The Morgan fingerprint density at radius 2 is 1.51 bits per heavy atom. The van der Waals surface area contributed by atoms with Gasteiger partial charge in [0.05, 0.1) is 29.1 Å². The third-order valence-corrected chi connectivity index (χ3v) is 7.90. The van der Waals surface area contributed by atoms with Crippen molar-refractivity contribution in [3.8, 4) is 11.5 Å². The molecule has 10 nitrogen and oxygen atoms in total. The molecule has 5 aromatic rings. The largest absolute Gasteiger partial charge is 0.494 e. The number of para-hydroxylation sites is 1. The van der Waals surface area contributed by atoms with E-state index < -0.39 is 23.7 Å². The van der Waals surface area contributed by atoms with Crippen LogP contribution in [0.5, 0.6) is 11.5 Å². The van der Waals surface area contributed by atoms with Crippen molar-refractivity contribution in [2.45, 2.75) is 6.92 Å². The number of carbonyl (C=O) groups is 4. The molecule has 1 heterocycles. The molecule has 0 unspecified atom stereocenters. The van der Waals surface area contributed by atoms with Crippen molar-refractivity contribution in [1.82, 2.24) is 5.43 Å². The first-order valence-electron chi connectivity index (χ1n) is 13.6. The van der Waals surface area contributed by atoms with Crippen LogP contribution in [0.4, 0.5) is 11.4 Å². The zero-order valence-electron chi connectivity index (χ0n) is 23.7. The van der Waals surface area contributed by atoms with Gasteiger partial charge in [-0.2, -0.15) is 5.10 Å². The number of carbonyl (C=O) groups excluding carboxylic acids is 4. The van der Waals surface area contributed by atoms with Crippen LogP contribution < -0.4 is 25.5 Å². The third kappa shape index (κ3) is 7.71. The van der Waals surface area contributed by atoms with E-state index in [1.54, 1.807) is 60.7 Å². The predicted molar refractivity (Wildman–Crippen MR) is 175 cm³/mol. The van der Waals surface area contributed by atoms with Crippen molar-refractivity contribution >= 4 is 74.3 Å². The van der Waals surface area contributed by atoms with E-state index in [9.17, 15) is 19.2 Å². The highest BCUT2D eigenvalue weighted by molar-refractivity contribution is 7.21. The molecule has 45 heavy (non-hydrogen) atoms. The minimum absolute atomic E-state index is 0.145. The summed E-state index contributed by atoms with van der Waals surface area (Å²) < 4.78 is 11.7. The number of hydrogen-bond acceptors (Lipinski definition) is 8. The van der Waals surface area contributed by atoms with Crippen molar-refractivity contribution in [1.29, 1.82) is 0 Å². The van der Waals surface area contributed by atoms with E-state index in [0.29, 0.717) is 39.3 Å². The smallest absolute Gasteiger partial charge is 0.355 e. The van der Waals surface area contributed by atoms with Gasteiger partial charge in [-0.1, -0.05) is 41.9 Å². The van der Waals surface area contributed by atoms with Gasteiger partial charge in [0.2, 0.25) is 0 Å². The summed E-state index contributed by atoms with van der Waals surface area (Å²) >= 11 is 7.62. The van der Waals surface area contributed by atoms with Crippen molar-refractivity contribution in [2.75, 3.05) is 17.2 Å². The molecule has 0 aliphatic rings. The molecule has 0 saturated heterocycles. The maximum Gasteiger partial charge on any atom is 0.355 e. The molecule has 0 bridgehead atoms. The highest BCUT2D eigenvalue weighted by Gasteiger charge is 2.20. The summed E-state index contributed by atoms with van der Waals surface area (Å²) in [7, 11) is 0. The molecule has 0 atom stereocenters. The van der Waals surface area contributed by atoms with Crippen molar-refractivity contribution in [3.05, 3.63) is 118 Å². The number of ether oxygens (including phenoxy) is 2. The fraction of sp³-hybridized carbons (Fsp3) is 0.0606. The molecule has 3 amide bonds. The Hall–Kier alpha value is -5.52. The quantitative estimate of drug-likeness (QED) is 0.0552. The Morgan fingerprint density at radius 3 is 2.24 bits per heavy atom. The van der Waals surface area contributed by atoms with E-state index in [2.05, 4.69) is 21.2 Å². The molecule has 4 aromatic carbocycles. The van der Waals surface area contributed by atoms with E-state index in [-0.39, 0.29) is 11.3 Å². The number of nitrogens with zero attached hydrogens (tertiary/aromatic N) is 1. The van der Waals surface area contributed by atoms with E-state index >= 15 is 0 Å². The Kier molecular flexibility index (Phi) is 9.83. The van der Waals surface area contributed by atoms with Gasteiger partial charge in [0.1, 0.15) is 16.4 Å². The molecule has 0 aliphatic carbocycles. The molecule has 1 aromatic heterocycles. The summed E-state index contributed by atoms with van der Waals surface area (Å²) in [5.74, 6) is -2.15. The van der Waals surface area contributed by atoms with Gasteiger partial charge in [-0.15, -0.1) is 11.3 Å². The first-order chi connectivity index (χ1) is 21.8. The van der Waals surface area contributed by atoms with Gasteiger partial charge in [-0.05, 0) is 79.2 Å². The van der Waals surface area contributed by atoms with Crippen LogP contribution in [0.1, 0.15) is 32.5 Å². The maximum absolute atomic E-state index is 12.9.